The molecule has 0 saturated carbocycles. The van der Waals surface area contributed by atoms with Crippen LogP contribution in [-0.4, -0.2) is 118 Å². The number of anilines is 1. The molecule has 4 aliphatic rings. The summed E-state index contributed by atoms with van der Waals surface area (Å²) in [6.07, 6.45) is 7.55. The Bertz CT molecular complexity index is 2250. The third-order valence-electron chi connectivity index (χ3n) is 13.9. The molecule has 2 N–H and O–H groups in total. The first kappa shape index (κ1) is 46.7. The molecule has 6 bridgehead atoms. The predicted molar refractivity (Wildman–Crippen MR) is 249 cm³/mol. The van der Waals surface area contributed by atoms with E-state index in [1.165, 1.54) is 21.5 Å². The second kappa shape index (κ2) is 19.5. The summed E-state index contributed by atoms with van der Waals surface area (Å²) in [5.41, 5.74) is 9.52. The molecule has 0 aliphatic carbocycles. The summed E-state index contributed by atoms with van der Waals surface area (Å²) in [6, 6.07) is 8.45. The minimum atomic E-state index is -0.917. The van der Waals surface area contributed by atoms with Crippen molar-refractivity contribution < 1.29 is 28.7 Å². The van der Waals surface area contributed by atoms with Gasteiger partial charge in [0.1, 0.15) is 18.1 Å². The molecular formula is C50H70N8O6. The lowest BCUT2D eigenvalue weighted by molar-refractivity contribution is -0.155. The number of aryl methyl sites for hydroxylation is 1. The number of fused-ring (bicyclic) bond motifs is 6. The number of hydrogen-bond donors (Lipinski definition) is 2. The van der Waals surface area contributed by atoms with Crippen molar-refractivity contribution in [3.63, 3.8) is 0 Å². The molecule has 2 aromatic heterocycles. The summed E-state index contributed by atoms with van der Waals surface area (Å²) in [5.74, 6) is -2.00. The minimum Gasteiger partial charge on any atom is -0.464 e. The van der Waals surface area contributed by atoms with E-state index in [1.54, 1.807) is 11.9 Å². The molecule has 64 heavy (non-hydrogen) atoms. The van der Waals surface area contributed by atoms with Gasteiger partial charge >= 0.3 is 5.97 Å². The summed E-state index contributed by atoms with van der Waals surface area (Å²) < 4.78 is 8.55. The van der Waals surface area contributed by atoms with Crippen LogP contribution in [0.3, 0.4) is 0 Å². The van der Waals surface area contributed by atoms with Gasteiger partial charge in [-0.15, -0.1) is 0 Å². The van der Waals surface area contributed by atoms with Gasteiger partial charge in [-0.25, -0.2) is 5.43 Å². The van der Waals surface area contributed by atoms with Gasteiger partial charge in [-0.05, 0) is 112 Å². The van der Waals surface area contributed by atoms with Crippen LogP contribution >= 0.6 is 0 Å². The SMILES string of the molecule is C=CC(=O)N1CC[C@H](C(=O)N(C)[C@H](C(=O)N[C@H]2C[C@@H]3CCCN(C3)c3ccc4c(c3)c(c(-c3cccnc3C(C)C)n4CC)CC(C)(C)COC(=O)[C@@H]3CCCN(N3)C2=O)C(C)C)C1. The normalized spacial score (nSPS) is 23.5. The number of cyclic esters (lactones) is 1. The van der Waals surface area contributed by atoms with Crippen molar-refractivity contribution >= 4 is 46.2 Å². The zero-order valence-corrected chi connectivity index (χ0v) is 39.3. The molecule has 346 valence electrons. The van der Waals surface area contributed by atoms with Crippen LogP contribution in [0.2, 0.25) is 0 Å². The van der Waals surface area contributed by atoms with Crippen molar-refractivity contribution in [3.05, 3.63) is 60.4 Å². The highest BCUT2D eigenvalue weighted by molar-refractivity contribution is 5.95. The number of hydrazine groups is 1. The van der Waals surface area contributed by atoms with Gasteiger partial charge < -0.3 is 29.3 Å². The van der Waals surface area contributed by atoms with Gasteiger partial charge in [0.05, 0.1) is 23.9 Å². The highest BCUT2D eigenvalue weighted by atomic mass is 16.5. The lowest BCUT2D eigenvalue weighted by atomic mass is 9.84. The summed E-state index contributed by atoms with van der Waals surface area (Å²) >= 11 is 0. The summed E-state index contributed by atoms with van der Waals surface area (Å²) in [6.45, 7) is 21.8. The van der Waals surface area contributed by atoms with E-state index in [4.69, 9.17) is 9.72 Å². The first-order valence-electron chi connectivity index (χ1n) is 23.6. The molecular weight excluding hydrogens is 809 g/mol. The van der Waals surface area contributed by atoms with Gasteiger partial charge in [-0.1, -0.05) is 48.1 Å². The Morgan fingerprint density at radius 2 is 1.81 bits per heavy atom. The van der Waals surface area contributed by atoms with Gasteiger partial charge in [0.15, 0.2) is 0 Å². The van der Waals surface area contributed by atoms with Crippen molar-refractivity contribution in [1.82, 2.24) is 35.1 Å². The first-order chi connectivity index (χ1) is 30.5. The second-order valence-electron chi connectivity index (χ2n) is 20.0. The summed E-state index contributed by atoms with van der Waals surface area (Å²) in [4.78, 5) is 79.8. The number of piperidine rings is 1. The first-order valence-corrected chi connectivity index (χ1v) is 23.6. The van der Waals surface area contributed by atoms with Crippen molar-refractivity contribution in [2.45, 2.75) is 124 Å². The van der Waals surface area contributed by atoms with Crippen LogP contribution in [0.1, 0.15) is 104 Å². The van der Waals surface area contributed by atoms with Gasteiger partial charge in [0.25, 0.3) is 5.91 Å². The maximum absolute atomic E-state index is 14.7. The van der Waals surface area contributed by atoms with Gasteiger partial charge in [-0.2, -0.15) is 0 Å². The van der Waals surface area contributed by atoms with Crippen LogP contribution in [0, 0.1) is 23.2 Å². The smallest absolute Gasteiger partial charge is 0.324 e. The molecule has 14 nitrogen and oxygen atoms in total. The zero-order valence-electron chi connectivity index (χ0n) is 39.3. The quantitative estimate of drug-likeness (QED) is 0.193. The third-order valence-corrected chi connectivity index (χ3v) is 13.9. The highest BCUT2D eigenvalue weighted by Gasteiger charge is 2.41. The van der Waals surface area contributed by atoms with Crippen LogP contribution in [0.4, 0.5) is 5.69 Å². The lowest BCUT2D eigenvalue weighted by Gasteiger charge is -2.39. The molecule has 5 atom stereocenters. The Balaban J connectivity index is 1.24. The Morgan fingerprint density at radius 3 is 2.53 bits per heavy atom. The van der Waals surface area contributed by atoms with E-state index in [0.717, 1.165) is 59.5 Å². The van der Waals surface area contributed by atoms with Crippen molar-refractivity contribution in [2.75, 3.05) is 51.3 Å². The predicted octanol–water partition coefficient (Wildman–Crippen LogP) is 6.08. The maximum Gasteiger partial charge on any atom is 0.324 e. The van der Waals surface area contributed by atoms with Crippen LogP contribution in [-0.2, 0) is 41.7 Å². The van der Waals surface area contributed by atoms with E-state index in [-0.39, 0.29) is 48.6 Å². The number of likely N-dealkylation sites (N-methyl/N-ethyl adjacent to an activating group) is 1. The number of pyridine rings is 1. The number of rotatable bonds is 9. The number of nitrogens with one attached hydrogen (secondary N) is 2. The van der Waals surface area contributed by atoms with Gasteiger partial charge in [0, 0.05) is 80.1 Å². The lowest BCUT2D eigenvalue weighted by Crippen LogP contribution is -2.62. The molecule has 3 saturated heterocycles. The third kappa shape index (κ3) is 9.72. The second-order valence-corrected chi connectivity index (χ2v) is 20.0. The fourth-order valence-electron chi connectivity index (χ4n) is 10.6. The van der Waals surface area contributed by atoms with Crippen molar-refractivity contribution in [3.8, 4) is 11.3 Å². The van der Waals surface area contributed by atoms with E-state index < -0.39 is 41.3 Å². The standard InChI is InChI=1S/C50H70N8O6/c1-10-42(59)56-24-20-34(29-56)47(61)54(9)44(32(5)6)46(60)52-40-25-33-15-13-22-55(28-33)35-18-19-41-37(26-35)38(45(57(41)11-2)36-16-12-21-51-43(36)31(3)4)27-50(7,8)30-64-49(63)39-17-14-23-58(53-39)48(40)62/h10,12,16,18-19,21,26,31-34,39-40,44,53H,1,11,13-15,17,20,22-25,27-30H2,2-9H3,(H,52,60)/t33-,34-,39-,40-,44-/m0/s1. The largest absolute Gasteiger partial charge is 0.464 e. The molecule has 14 heteroatoms. The Labute approximate surface area is 379 Å². The fraction of sp³-hybridized carbons (Fsp3) is 0.600. The Morgan fingerprint density at radius 1 is 1.05 bits per heavy atom. The average molecular weight is 879 g/mol. The minimum absolute atomic E-state index is 0.0602. The number of carbonyl (C=O) groups excluding carboxylic acids is 5. The monoisotopic (exact) mass is 879 g/mol. The molecule has 3 aromatic rings. The number of carbonyl (C=O) groups is 5. The highest BCUT2D eigenvalue weighted by Crippen LogP contribution is 2.42. The molecule has 0 radical (unpaired) electrons. The van der Waals surface area contributed by atoms with E-state index >= 15 is 0 Å². The number of nitrogens with zero attached hydrogens (tertiary/aromatic N) is 6. The van der Waals surface area contributed by atoms with E-state index in [1.807, 2.05) is 26.1 Å². The number of amides is 4. The molecule has 6 heterocycles. The van der Waals surface area contributed by atoms with Crippen LogP contribution in [0.15, 0.2) is 49.2 Å². The van der Waals surface area contributed by atoms with E-state index in [9.17, 15) is 24.0 Å². The number of likely N-dealkylation sites (tertiary alicyclic amines) is 1. The fourth-order valence-corrected chi connectivity index (χ4v) is 10.6. The molecule has 0 spiro atoms. The van der Waals surface area contributed by atoms with Crippen LogP contribution in [0.5, 0.6) is 0 Å². The molecule has 4 aliphatic heterocycles. The maximum atomic E-state index is 14.7. The number of esters is 1. The molecule has 4 amide bonds. The summed E-state index contributed by atoms with van der Waals surface area (Å²) in [5, 5.41) is 5.80. The molecule has 1 aromatic carbocycles. The number of ether oxygens (including phenoxy) is 1. The van der Waals surface area contributed by atoms with E-state index in [2.05, 4.69) is 85.7 Å². The molecule has 3 fully saturated rings. The number of benzene rings is 1. The zero-order chi connectivity index (χ0) is 46.0. The average Bonchev–Trinajstić information content (AvgIpc) is 3.90. The topological polar surface area (TPSA) is 149 Å². The summed E-state index contributed by atoms with van der Waals surface area (Å²) in [7, 11) is 1.64. The van der Waals surface area contributed by atoms with Gasteiger partial charge in [0.2, 0.25) is 17.7 Å². The Hall–Kier alpha value is -5.24. The molecule has 0 unspecified atom stereocenters. The molecule has 7 rings (SSSR count). The van der Waals surface area contributed by atoms with Crippen molar-refractivity contribution in [1.29, 1.82) is 0 Å². The van der Waals surface area contributed by atoms with Gasteiger partial charge in [-0.3, -0.25) is 34.0 Å². The van der Waals surface area contributed by atoms with Crippen molar-refractivity contribution in [2.24, 2.45) is 23.2 Å². The van der Waals surface area contributed by atoms with Crippen LogP contribution in [0.25, 0.3) is 22.2 Å². The van der Waals surface area contributed by atoms with Crippen LogP contribution < -0.4 is 15.6 Å². The Kier molecular flexibility index (Phi) is 14.2. The number of aromatic nitrogens is 2. The van der Waals surface area contributed by atoms with E-state index in [0.29, 0.717) is 51.7 Å². The number of hydrogen-bond acceptors (Lipinski definition) is 9.